The van der Waals surface area contributed by atoms with Crippen molar-refractivity contribution >= 4 is 23.5 Å². The molecule has 7 nitrogen and oxygen atoms in total. The van der Waals surface area contributed by atoms with Crippen LogP contribution in [0.3, 0.4) is 0 Å². The smallest absolute Gasteiger partial charge is 0.413 e. The Labute approximate surface area is 158 Å². The van der Waals surface area contributed by atoms with E-state index in [1.807, 2.05) is 30.3 Å². The van der Waals surface area contributed by atoms with E-state index in [1.165, 1.54) is 12.0 Å². The van der Waals surface area contributed by atoms with E-state index in [4.69, 9.17) is 4.74 Å². The van der Waals surface area contributed by atoms with E-state index in [9.17, 15) is 9.59 Å². The summed E-state index contributed by atoms with van der Waals surface area (Å²) in [6, 6.07) is 16.7. The predicted molar refractivity (Wildman–Crippen MR) is 103 cm³/mol. The average molecular weight is 369 g/mol. The standard InChI is InChI=1S/C20H23N3O4/c1-22(20(25)26-2)17-10-8-16(9-11-17)21-19(24)23-12-13-27-18(14-23)15-6-4-3-5-7-15/h3-11,18H,12-14H2,1-2H3,(H,21,24)/t18-/m0/s1. The maximum absolute atomic E-state index is 12.6. The Morgan fingerprint density at radius 1 is 1.15 bits per heavy atom. The normalized spacial score (nSPS) is 16.5. The van der Waals surface area contributed by atoms with Crippen LogP contribution in [0.2, 0.25) is 0 Å². The molecule has 1 saturated heterocycles. The second kappa shape index (κ2) is 8.55. The van der Waals surface area contributed by atoms with Crippen molar-refractivity contribution in [2.24, 2.45) is 0 Å². The van der Waals surface area contributed by atoms with E-state index in [2.05, 4.69) is 10.1 Å². The molecule has 3 rings (SSSR count). The van der Waals surface area contributed by atoms with Crippen LogP contribution < -0.4 is 10.2 Å². The molecule has 1 aliphatic rings. The summed E-state index contributed by atoms with van der Waals surface area (Å²) in [5, 5.41) is 2.89. The predicted octanol–water partition coefficient (Wildman–Crippen LogP) is 3.49. The molecule has 1 N–H and O–H groups in total. The summed E-state index contributed by atoms with van der Waals surface area (Å²) in [5.41, 5.74) is 2.39. The van der Waals surface area contributed by atoms with Crippen LogP contribution in [0.5, 0.6) is 0 Å². The summed E-state index contributed by atoms with van der Waals surface area (Å²) in [7, 11) is 2.95. The quantitative estimate of drug-likeness (QED) is 0.899. The van der Waals surface area contributed by atoms with Crippen molar-refractivity contribution in [3.05, 3.63) is 60.2 Å². The molecule has 0 unspecified atom stereocenters. The van der Waals surface area contributed by atoms with E-state index in [-0.39, 0.29) is 12.1 Å². The van der Waals surface area contributed by atoms with Crippen LogP contribution in [-0.4, -0.2) is 50.9 Å². The van der Waals surface area contributed by atoms with Crippen molar-refractivity contribution in [1.29, 1.82) is 0 Å². The summed E-state index contributed by atoms with van der Waals surface area (Å²) in [6.07, 6.45) is -0.575. The molecule has 27 heavy (non-hydrogen) atoms. The number of urea groups is 1. The maximum atomic E-state index is 12.6. The number of hydrogen-bond donors (Lipinski definition) is 1. The first-order valence-corrected chi connectivity index (χ1v) is 8.72. The Balaban J connectivity index is 1.60. The molecule has 1 atom stereocenters. The number of carbonyl (C=O) groups excluding carboxylic acids is 2. The Bertz CT molecular complexity index is 780. The molecular formula is C20H23N3O4. The van der Waals surface area contributed by atoms with Gasteiger partial charge < -0.3 is 19.7 Å². The van der Waals surface area contributed by atoms with Gasteiger partial charge in [0.2, 0.25) is 0 Å². The molecule has 0 aliphatic carbocycles. The van der Waals surface area contributed by atoms with Crippen molar-refractivity contribution in [3.63, 3.8) is 0 Å². The lowest BCUT2D eigenvalue weighted by molar-refractivity contribution is -0.0135. The largest absolute Gasteiger partial charge is 0.452 e. The first-order chi connectivity index (χ1) is 13.1. The molecule has 0 bridgehead atoms. The van der Waals surface area contributed by atoms with Gasteiger partial charge in [-0.2, -0.15) is 0 Å². The van der Waals surface area contributed by atoms with E-state index in [1.54, 1.807) is 36.2 Å². The van der Waals surface area contributed by atoms with Crippen molar-refractivity contribution < 1.29 is 19.1 Å². The fraction of sp³-hybridized carbons (Fsp3) is 0.300. The van der Waals surface area contributed by atoms with Gasteiger partial charge in [-0.25, -0.2) is 9.59 Å². The third-order valence-electron chi connectivity index (χ3n) is 4.48. The number of methoxy groups -OCH3 is 1. The van der Waals surface area contributed by atoms with Gasteiger partial charge in [0, 0.05) is 25.0 Å². The number of nitrogens with zero attached hydrogens (tertiary/aromatic N) is 2. The van der Waals surface area contributed by atoms with Crippen molar-refractivity contribution in [2.45, 2.75) is 6.10 Å². The topological polar surface area (TPSA) is 71.1 Å². The lowest BCUT2D eigenvalue weighted by atomic mass is 10.1. The second-order valence-electron chi connectivity index (χ2n) is 6.22. The Hall–Kier alpha value is -3.06. The maximum Gasteiger partial charge on any atom is 0.413 e. The fourth-order valence-electron chi connectivity index (χ4n) is 2.92. The number of hydrogen-bond acceptors (Lipinski definition) is 4. The summed E-state index contributed by atoms with van der Waals surface area (Å²) >= 11 is 0. The van der Waals surface area contributed by atoms with E-state index in [0.29, 0.717) is 31.1 Å². The second-order valence-corrected chi connectivity index (χ2v) is 6.22. The Kier molecular flexibility index (Phi) is 5.93. The molecule has 1 fully saturated rings. The third-order valence-corrected chi connectivity index (χ3v) is 4.48. The van der Waals surface area contributed by atoms with Crippen LogP contribution >= 0.6 is 0 Å². The van der Waals surface area contributed by atoms with E-state index in [0.717, 1.165) is 5.56 Å². The monoisotopic (exact) mass is 369 g/mol. The van der Waals surface area contributed by atoms with E-state index >= 15 is 0 Å². The number of benzene rings is 2. The first-order valence-electron chi connectivity index (χ1n) is 8.72. The van der Waals surface area contributed by atoms with Gasteiger partial charge in [-0.3, -0.25) is 4.90 Å². The summed E-state index contributed by atoms with van der Waals surface area (Å²) in [6.45, 7) is 1.53. The zero-order valence-electron chi connectivity index (χ0n) is 15.4. The minimum absolute atomic E-state index is 0.123. The molecule has 1 heterocycles. The number of rotatable bonds is 3. The number of nitrogens with one attached hydrogen (secondary N) is 1. The minimum atomic E-state index is -0.452. The average Bonchev–Trinajstić information content (AvgIpc) is 2.74. The van der Waals surface area contributed by atoms with Crippen LogP contribution in [-0.2, 0) is 9.47 Å². The van der Waals surface area contributed by atoms with Crippen LogP contribution in [0, 0.1) is 0 Å². The molecule has 0 spiro atoms. The summed E-state index contributed by atoms with van der Waals surface area (Å²) in [4.78, 5) is 27.3. The third kappa shape index (κ3) is 4.57. The summed E-state index contributed by atoms with van der Waals surface area (Å²) in [5.74, 6) is 0. The van der Waals surface area contributed by atoms with Gasteiger partial charge in [0.25, 0.3) is 0 Å². The minimum Gasteiger partial charge on any atom is -0.452 e. The van der Waals surface area contributed by atoms with Crippen LogP contribution in [0.4, 0.5) is 21.0 Å². The van der Waals surface area contributed by atoms with Crippen molar-refractivity contribution in [2.75, 3.05) is 44.1 Å². The lowest BCUT2D eigenvalue weighted by Crippen LogP contribution is -2.44. The summed E-state index contributed by atoms with van der Waals surface area (Å²) < 4.78 is 10.5. The van der Waals surface area contributed by atoms with Crippen LogP contribution in [0.15, 0.2) is 54.6 Å². The Morgan fingerprint density at radius 2 is 1.85 bits per heavy atom. The number of ether oxygens (including phenoxy) is 2. The highest BCUT2D eigenvalue weighted by molar-refractivity contribution is 5.91. The van der Waals surface area contributed by atoms with Crippen LogP contribution in [0.1, 0.15) is 11.7 Å². The molecule has 2 aromatic rings. The fourth-order valence-corrected chi connectivity index (χ4v) is 2.92. The molecular weight excluding hydrogens is 346 g/mol. The van der Waals surface area contributed by atoms with Crippen molar-refractivity contribution in [1.82, 2.24) is 4.90 Å². The molecule has 1 aliphatic heterocycles. The molecule has 7 heteroatoms. The van der Waals surface area contributed by atoms with Gasteiger partial charge in [-0.15, -0.1) is 0 Å². The molecule has 0 saturated carbocycles. The molecule has 2 aromatic carbocycles. The highest BCUT2D eigenvalue weighted by Crippen LogP contribution is 2.23. The highest BCUT2D eigenvalue weighted by atomic mass is 16.5. The highest BCUT2D eigenvalue weighted by Gasteiger charge is 2.25. The van der Waals surface area contributed by atoms with Gasteiger partial charge in [-0.1, -0.05) is 30.3 Å². The molecule has 3 amide bonds. The Morgan fingerprint density at radius 3 is 2.52 bits per heavy atom. The number of carbonyl (C=O) groups is 2. The number of amides is 3. The van der Waals surface area contributed by atoms with Gasteiger partial charge in [0.05, 0.1) is 20.3 Å². The first kappa shape index (κ1) is 18.7. The zero-order chi connectivity index (χ0) is 19.2. The van der Waals surface area contributed by atoms with Gasteiger partial charge in [-0.05, 0) is 29.8 Å². The molecule has 0 aromatic heterocycles. The van der Waals surface area contributed by atoms with Crippen molar-refractivity contribution in [3.8, 4) is 0 Å². The lowest BCUT2D eigenvalue weighted by Gasteiger charge is -2.33. The SMILES string of the molecule is COC(=O)N(C)c1ccc(NC(=O)N2CCO[C@H](c3ccccc3)C2)cc1. The van der Waals surface area contributed by atoms with Gasteiger partial charge in [0.15, 0.2) is 0 Å². The van der Waals surface area contributed by atoms with Crippen LogP contribution in [0.25, 0.3) is 0 Å². The molecule has 0 radical (unpaired) electrons. The number of morpholine rings is 1. The van der Waals surface area contributed by atoms with Gasteiger partial charge >= 0.3 is 12.1 Å². The number of anilines is 2. The molecule has 142 valence electrons. The van der Waals surface area contributed by atoms with Gasteiger partial charge in [0.1, 0.15) is 6.10 Å². The zero-order valence-corrected chi connectivity index (χ0v) is 15.4. The van der Waals surface area contributed by atoms with E-state index < -0.39 is 6.09 Å².